The number of sulfonamides is 1. The minimum absolute atomic E-state index is 0.136. The Morgan fingerprint density at radius 1 is 1.00 bits per heavy atom. The molecule has 2 amide bonds. The van der Waals surface area contributed by atoms with Crippen molar-refractivity contribution in [3.63, 3.8) is 0 Å². The number of hydrogen-bond acceptors (Lipinski definition) is 6. The van der Waals surface area contributed by atoms with E-state index in [1.165, 1.54) is 12.0 Å². The zero-order valence-electron chi connectivity index (χ0n) is 21.0. The van der Waals surface area contributed by atoms with E-state index in [9.17, 15) is 18.0 Å². The summed E-state index contributed by atoms with van der Waals surface area (Å²) < 4.78 is 36.7. The molecule has 0 radical (unpaired) electrons. The first-order valence-electron chi connectivity index (χ1n) is 11.5. The van der Waals surface area contributed by atoms with Crippen molar-refractivity contribution in [1.82, 2.24) is 10.2 Å². The molecule has 192 valence electrons. The smallest absolute Gasteiger partial charge is 0.244 e. The minimum atomic E-state index is -3.81. The van der Waals surface area contributed by atoms with Crippen LogP contribution in [0.15, 0.2) is 48.5 Å². The molecular formula is C25H35N3O6S. The predicted molar refractivity (Wildman–Crippen MR) is 136 cm³/mol. The highest BCUT2D eigenvalue weighted by atomic mass is 32.2. The summed E-state index contributed by atoms with van der Waals surface area (Å²) in [6, 6.07) is 12.9. The van der Waals surface area contributed by atoms with E-state index in [0.717, 1.165) is 22.5 Å². The van der Waals surface area contributed by atoms with Gasteiger partial charge in [0.15, 0.2) is 0 Å². The van der Waals surface area contributed by atoms with Crippen LogP contribution < -0.4 is 19.1 Å². The standard InChI is InChI=1S/C25H35N3O6S/c1-6-15-26-25(30)23(7-2)27(17-19-11-13-21(33-3)14-12-19)24(29)18-28(35(5,31)32)20-9-8-10-22(16-20)34-4/h8-14,16,23H,6-7,15,17-18H2,1-5H3,(H,26,30)/t23-/m0/s1. The Morgan fingerprint density at radius 2 is 1.66 bits per heavy atom. The van der Waals surface area contributed by atoms with Crippen LogP contribution in [-0.4, -0.2) is 64.7 Å². The molecule has 0 aliphatic heterocycles. The number of amides is 2. The monoisotopic (exact) mass is 505 g/mol. The first kappa shape index (κ1) is 28.0. The van der Waals surface area contributed by atoms with Crippen LogP contribution in [0.25, 0.3) is 0 Å². The van der Waals surface area contributed by atoms with E-state index in [1.54, 1.807) is 43.5 Å². The molecule has 1 atom stereocenters. The first-order chi connectivity index (χ1) is 16.6. The van der Waals surface area contributed by atoms with Crippen molar-refractivity contribution in [3.05, 3.63) is 54.1 Å². The lowest BCUT2D eigenvalue weighted by molar-refractivity contribution is -0.140. The van der Waals surface area contributed by atoms with Crippen molar-refractivity contribution in [2.24, 2.45) is 0 Å². The predicted octanol–water partition coefficient (Wildman–Crippen LogP) is 2.80. The number of nitrogens with zero attached hydrogens (tertiary/aromatic N) is 2. The van der Waals surface area contributed by atoms with E-state index in [-0.39, 0.29) is 12.5 Å². The molecule has 9 nitrogen and oxygen atoms in total. The van der Waals surface area contributed by atoms with Crippen LogP contribution in [0.1, 0.15) is 32.3 Å². The normalized spacial score (nSPS) is 11.9. The Kier molecular flexibility index (Phi) is 10.4. The molecule has 0 aliphatic carbocycles. The van der Waals surface area contributed by atoms with Crippen LogP contribution >= 0.6 is 0 Å². The van der Waals surface area contributed by atoms with Crippen LogP contribution in [-0.2, 0) is 26.2 Å². The van der Waals surface area contributed by atoms with Gasteiger partial charge in [0.05, 0.1) is 26.2 Å². The molecule has 1 N–H and O–H groups in total. The Hall–Kier alpha value is -3.27. The molecule has 0 fully saturated rings. The molecule has 0 saturated heterocycles. The molecule has 2 aromatic rings. The minimum Gasteiger partial charge on any atom is -0.497 e. The maximum atomic E-state index is 13.6. The highest BCUT2D eigenvalue weighted by molar-refractivity contribution is 7.92. The number of anilines is 1. The zero-order valence-corrected chi connectivity index (χ0v) is 21.8. The Balaban J connectivity index is 2.42. The van der Waals surface area contributed by atoms with Crippen LogP contribution in [0.3, 0.4) is 0 Å². The molecule has 10 heteroatoms. The molecule has 2 rings (SSSR count). The summed E-state index contributed by atoms with van der Waals surface area (Å²) in [6.07, 6.45) is 2.17. The molecule has 0 unspecified atom stereocenters. The Bertz CT molecular complexity index is 1090. The fourth-order valence-corrected chi connectivity index (χ4v) is 4.43. The summed E-state index contributed by atoms with van der Waals surface area (Å²) in [6.45, 7) is 3.93. The van der Waals surface area contributed by atoms with Gasteiger partial charge in [0, 0.05) is 19.2 Å². The molecule has 0 heterocycles. The van der Waals surface area contributed by atoms with E-state index in [1.807, 2.05) is 26.0 Å². The van der Waals surface area contributed by atoms with Gasteiger partial charge in [-0.25, -0.2) is 8.42 Å². The lowest BCUT2D eigenvalue weighted by Crippen LogP contribution is -2.52. The van der Waals surface area contributed by atoms with Gasteiger partial charge in [0.2, 0.25) is 21.8 Å². The molecule has 0 saturated carbocycles. The summed E-state index contributed by atoms with van der Waals surface area (Å²) in [5.41, 5.74) is 1.08. The van der Waals surface area contributed by atoms with Gasteiger partial charge in [-0.15, -0.1) is 0 Å². The van der Waals surface area contributed by atoms with E-state index >= 15 is 0 Å². The van der Waals surface area contributed by atoms with Crippen molar-refractivity contribution in [2.75, 3.05) is 37.9 Å². The number of nitrogens with one attached hydrogen (secondary N) is 1. The van der Waals surface area contributed by atoms with Gasteiger partial charge >= 0.3 is 0 Å². The number of carbonyl (C=O) groups excluding carboxylic acids is 2. The number of hydrogen-bond donors (Lipinski definition) is 1. The number of methoxy groups -OCH3 is 2. The molecule has 0 aromatic heterocycles. The maximum Gasteiger partial charge on any atom is 0.244 e. The molecule has 0 bridgehead atoms. The van der Waals surface area contributed by atoms with Crippen LogP contribution in [0.4, 0.5) is 5.69 Å². The van der Waals surface area contributed by atoms with E-state index in [0.29, 0.717) is 30.2 Å². The van der Waals surface area contributed by atoms with Crippen molar-refractivity contribution < 1.29 is 27.5 Å². The topological polar surface area (TPSA) is 105 Å². The third-order valence-corrected chi connectivity index (χ3v) is 6.61. The average molecular weight is 506 g/mol. The molecular weight excluding hydrogens is 470 g/mol. The molecule has 0 aliphatic rings. The molecule has 0 spiro atoms. The van der Waals surface area contributed by atoms with Gasteiger partial charge in [-0.05, 0) is 42.7 Å². The highest BCUT2D eigenvalue weighted by Gasteiger charge is 2.31. The summed E-state index contributed by atoms with van der Waals surface area (Å²) in [7, 11) is -0.765. The fourth-order valence-electron chi connectivity index (χ4n) is 3.59. The van der Waals surface area contributed by atoms with E-state index in [4.69, 9.17) is 9.47 Å². The van der Waals surface area contributed by atoms with Crippen molar-refractivity contribution >= 4 is 27.5 Å². The lowest BCUT2D eigenvalue weighted by Gasteiger charge is -2.33. The van der Waals surface area contributed by atoms with Gasteiger partial charge < -0.3 is 19.7 Å². The lowest BCUT2D eigenvalue weighted by atomic mass is 10.1. The second-order valence-electron chi connectivity index (χ2n) is 8.06. The van der Waals surface area contributed by atoms with Gasteiger partial charge in [-0.1, -0.05) is 32.0 Å². The quantitative estimate of drug-likeness (QED) is 0.449. The largest absolute Gasteiger partial charge is 0.497 e. The first-order valence-corrected chi connectivity index (χ1v) is 13.3. The molecule has 2 aromatic carbocycles. The second-order valence-corrected chi connectivity index (χ2v) is 9.96. The SMILES string of the molecule is CCCNC(=O)[C@H](CC)N(Cc1ccc(OC)cc1)C(=O)CN(c1cccc(OC)c1)S(C)(=O)=O. The Labute approximate surface area is 208 Å². The number of ether oxygens (including phenoxy) is 2. The Morgan fingerprint density at radius 3 is 2.20 bits per heavy atom. The maximum absolute atomic E-state index is 13.6. The fraction of sp³-hybridized carbons (Fsp3) is 0.440. The summed E-state index contributed by atoms with van der Waals surface area (Å²) >= 11 is 0. The van der Waals surface area contributed by atoms with Crippen molar-refractivity contribution in [3.8, 4) is 11.5 Å². The zero-order chi connectivity index (χ0) is 26.0. The van der Waals surface area contributed by atoms with Gasteiger partial charge in [-0.2, -0.15) is 0 Å². The van der Waals surface area contributed by atoms with Crippen molar-refractivity contribution in [2.45, 2.75) is 39.3 Å². The van der Waals surface area contributed by atoms with Gasteiger partial charge in [0.25, 0.3) is 0 Å². The summed E-state index contributed by atoms with van der Waals surface area (Å²) in [5.74, 6) is 0.362. The van der Waals surface area contributed by atoms with Gasteiger partial charge in [-0.3, -0.25) is 13.9 Å². The third-order valence-electron chi connectivity index (χ3n) is 5.47. The third kappa shape index (κ3) is 7.88. The van der Waals surface area contributed by atoms with Crippen LogP contribution in [0.2, 0.25) is 0 Å². The van der Waals surface area contributed by atoms with E-state index < -0.39 is 28.5 Å². The molecule has 35 heavy (non-hydrogen) atoms. The summed E-state index contributed by atoms with van der Waals surface area (Å²) in [5, 5.41) is 2.85. The van der Waals surface area contributed by atoms with Crippen LogP contribution in [0, 0.1) is 0 Å². The van der Waals surface area contributed by atoms with Crippen LogP contribution in [0.5, 0.6) is 11.5 Å². The highest BCUT2D eigenvalue weighted by Crippen LogP contribution is 2.24. The number of carbonyl (C=O) groups is 2. The van der Waals surface area contributed by atoms with Crippen molar-refractivity contribution in [1.29, 1.82) is 0 Å². The number of rotatable bonds is 13. The summed E-state index contributed by atoms with van der Waals surface area (Å²) in [4.78, 5) is 28.0. The van der Waals surface area contributed by atoms with E-state index in [2.05, 4.69) is 5.32 Å². The number of benzene rings is 2. The average Bonchev–Trinajstić information content (AvgIpc) is 2.85. The second kappa shape index (κ2) is 13.0. The van der Waals surface area contributed by atoms with Gasteiger partial charge in [0.1, 0.15) is 24.1 Å².